The van der Waals surface area contributed by atoms with Gasteiger partial charge in [0.2, 0.25) is 0 Å². The highest BCUT2D eigenvalue weighted by Gasteiger charge is 2.19. The number of hydrogen-bond acceptors (Lipinski definition) is 8. The number of esters is 1. The van der Waals surface area contributed by atoms with Crippen LogP contribution in [0.5, 0.6) is 0 Å². The third-order valence-corrected chi connectivity index (χ3v) is 10.0. The number of rotatable bonds is 37. The first-order valence-corrected chi connectivity index (χ1v) is 20.8. The van der Waals surface area contributed by atoms with Gasteiger partial charge in [0.05, 0.1) is 19.8 Å². The number of aliphatic carboxylic acids is 1. The van der Waals surface area contributed by atoms with E-state index in [4.69, 9.17) is 15.0 Å². The van der Waals surface area contributed by atoms with Crippen molar-refractivity contribution in [2.75, 3.05) is 26.4 Å². The number of phosphoric acid groups is 1. The molecule has 3 atom stereocenters. The van der Waals surface area contributed by atoms with Gasteiger partial charge in [-0.3, -0.25) is 13.8 Å². The van der Waals surface area contributed by atoms with E-state index in [9.17, 15) is 24.2 Å². The summed E-state index contributed by atoms with van der Waals surface area (Å²) < 4.78 is 26.0. The van der Waals surface area contributed by atoms with Crippen molar-refractivity contribution in [1.82, 2.24) is 0 Å². The topological polar surface area (TPSA) is 148 Å². The predicted octanol–water partition coefficient (Wildman–Crippen LogP) is 9.18. The molecule has 0 radical (unpaired) electrons. The molecule has 0 saturated heterocycles. The smallest absolute Gasteiger partial charge is 0.472 e. The Labute approximate surface area is 288 Å². The van der Waals surface area contributed by atoms with Crippen LogP contribution < -0.4 is 10.8 Å². The highest BCUT2D eigenvalue weighted by molar-refractivity contribution is 7.47. The maximum atomic E-state index is 11.8. The van der Waals surface area contributed by atoms with Crippen LogP contribution in [0.1, 0.15) is 187 Å². The first-order chi connectivity index (χ1) is 22.7. The molecule has 0 aromatic carbocycles. The zero-order valence-corrected chi connectivity index (χ0v) is 31.3. The molecule has 0 aromatic heterocycles. The monoisotopic (exact) mass is 691 g/mol. The minimum atomic E-state index is -4.06. The number of nitrogens with two attached hydrogens (primary N) is 1. The van der Waals surface area contributed by atoms with Gasteiger partial charge in [0, 0.05) is 25.4 Å². The van der Waals surface area contributed by atoms with Crippen LogP contribution in [0.25, 0.3) is 0 Å². The summed E-state index contributed by atoms with van der Waals surface area (Å²) in [6, 6.07) is 0. The molecule has 0 spiro atoms. The lowest BCUT2D eigenvalue weighted by Gasteiger charge is -2.15. The number of carbonyl (C=O) groups is 2. The molecule has 280 valence electrons. The van der Waals surface area contributed by atoms with Crippen LogP contribution in [0, 0.1) is 11.8 Å². The highest BCUT2D eigenvalue weighted by atomic mass is 31.2. The van der Waals surface area contributed by atoms with E-state index in [1.807, 2.05) is 0 Å². The number of carboxylic acids is 1. The van der Waals surface area contributed by atoms with Crippen LogP contribution in [-0.4, -0.2) is 43.2 Å². The molecule has 0 fully saturated rings. The standard InChI is InChI=1S/C37H74NO8P/c1-34(24-19-15-11-7-3-5-9-13-17-21-26-36(39)40)28-29-35(2)25-20-16-12-8-4-6-10-14-18-22-27-37(41)44-31-23-32-45-47(42,43)46-33-30-38/h34-35H,3-33,38H2,1-2H3,(H,39,40)(H,42,43)/p-1. The van der Waals surface area contributed by atoms with Gasteiger partial charge in [-0.1, -0.05) is 155 Å². The van der Waals surface area contributed by atoms with Crippen molar-refractivity contribution in [2.24, 2.45) is 17.6 Å². The Bertz CT molecular complexity index is 769. The summed E-state index contributed by atoms with van der Waals surface area (Å²) >= 11 is 0. The molecule has 0 bridgehead atoms. The van der Waals surface area contributed by atoms with Crippen LogP contribution in [-0.2, 0) is 27.9 Å². The van der Waals surface area contributed by atoms with E-state index < -0.39 is 13.8 Å². The summed E-state index contributed by atoms with van der Waals surface area (Å²) in [5.41, 5.74) is 5.22. The number of ether oxygens (including phenoxy) is 1. The van der Waals surface area contributed by atoms with E-state index in [0.717, 1.165) is 50.4 Å². The zero-order chi connectivity index (χ0) is 34.9. The maximum Gasteiger partial charge on any atom is 0.472 e. The lowest BCUT2D eigenvalue weighted by atomic mass is 9.91. The molecule has 9 nitrogen and oxygen atoms in total. The summed E-state index contributed by atoms with van der Waals surface area (Å²) in [7, 11) is -4.06. The zero-order valence-electron chi connectivity index (χ0n) is 30.4. The number of hydrogen-bond donors (Lipinski definition) is 2. The van der Waals surface area contributed by atoms with Gasteiger partial charge < -0.3 is 25.3 Å². The molecule has 0 aliphatic heterocycles. The molecule has 0 amide bonds. The van der Waals surface area contributed by atoms with Crippen molar-refractivity contribution in [2.45, 2.75) is 187 Å². The average Bonchev–Trinajstić information content (AvgIpc) is 3.03. The van der Waals surface area contributed by atoms with Crippen LogP contribution in [0.15, 0.2) is 0 Å². The quantitative estimate of drug-likeness (QED) is 0.0370. The minimum absolute atomic E-state index is 0.0190. The van der Waals surface area contributed by atoms with E-state index in [-0.39, 0.29) is 38.8 Å². The van der Waals surface area contributed by atoms with Gasteiger partial charge in [0.25, 0.3) is 0 Å². The lowest BCUT2D eigenvalue weighted by molar-refractivity contribution is -0.305. The number of carbonyl (C=O) groups excluding carboxylic acids is 2. The van der Waals surface area contributed by atoms with Gasteiger partial charge in [0.15, 0.2) is 0 Å². The van der Waals surface area contributed by atoms with Crippen molar-refractivity contribution in [3.63, 3.8) is 0 Å². The maximum absolute atomic E-state index is 11.8. The minimum Gasteiger partial charge on any atom is -0.550 e. The summed E-state index contributed by atoms with van der Waals surface area (Å²) in [6.45, 7) is 5.10. The van der Waals surface area contributed by atoms with Crippen LogP contribution in [0.3, 0.4) is 0 Å². The predicted molar refractivity (Wildman–Crippen MR) is 190 cm³/mol. The van der Waals surface area contributed by atoms with Gasteiger partial charge >= 0.3 is 13.8 Å². The third kappa shape index (κ3) is 36.1. The highest BCUT2D eigenvalue weighted by Crippen LogP contribution is 2.42. The van der Waals surface area contributed by atoms with Crippen LogP contribution in [0.4, 0.5) is 0 Å². The fourth-order valence-electron chi connectivity index (χ4n) is 5.91. The second kappa shape index (κ2) is 33.5. The van der Waals surface area contributed by atoms with E-state index >= 15 is 0 Å². The molecule has 0 aromatic rings. The Morgan fingerprint density at radius 3 is 1.38 bits per heavy atom. The largest absolute Gasteiger partial charge is 0.550 e. The van der Waals surface area contributed by atoms with Crippen molar-refractivity contribution in [3.05, 3.63) is 0 Å². The second-order valence-corrected chi connectivity index (χ2v) is 15.3. The van der Waals surface area contributed by atoms with Gasteiger partial charge in [-0.25, -0.2) is 4.57 Å². The molecular formula is C37H73NO8P-. The number of unbranched alkanes of at least 4 members (excludes halogenated alkanes) is 18. The SMILES string of the molecule is CC(CCCCCCCCCCCCC(=O)[O-])CCC(C)CCCCCCCCCCCCC(=O)OCCCOP(=O)(O)OCCN. The lowest BCUT2D eigenvalue weighted by Crippen LogP contribution is -2.21. The molecule has 0 aliphatic rings. The Morgan fingerprint density at radius 2 is 0.957 bits per heavy atom. The molecule has 47 heavy (non-hydrogen) atoms. The number of phosphoric ester groups is 1. The second-order valence-electron chi connectivity index (χ2n) is 13.8. The van der Waals surface area contributed by atoms with Crippen molar-refractivity contribution in [1.29, 1.82) is 0 Å². The van der Waals surface area contributed by atoms with Crippen LogP contribution >= 0.6 is 7.82 Å². The Hall–Kier alpha value is -0.990. The summed E-state index contributed by atoms with van der Waals surface area (Å²) in [4.78, 5) is 31.6. The fourth-order valence-corrected chi connectivity index (χ4v) is 6.68. The summed E-state index contributed by atoms with van der Waals surface area (Å²) in [5, 5.41) is 10.4. The molecule has 0 heterocycles. The van der Waals surface area contributed by atoms with Gasteiger partial charge in [-0.15, -0.1) is 0 Å². The first kappa shape index (κ1) is 46.0. The molecule has 3 N–H and O–H groups in total. The Kier molecular flexibility index (Phi) is 32.8. The molecule has 0 saturated carbocycles. The van der Waals surface area contributed by atoms with E-state index in [1.54, 1.807) is 0 Å². The van der Waals surface area contributed by atoms with Crippen molar-refractivity contribution in [3.8, 4) is 0 Å². The van der Waals surface area contributed by atoms with Crippen molar-refractivity contribution < 1.29 is 37.9 Å². The first-order valence-electron chi connectivity index (χ1n) is 19.3. The normalized spacial score (nSPS) is 14.1. The van der Waals surface area contributed by atoms with Crippen molar-refractivity contribution >= 4 is 19.8 Å². The molecule has 0 aliphatic carbocycles. The van der Waals surface area contributed by atoms with E-state index in [1.165, 1.54) is 116 Å². The fraction of sp³-hybridized carbons (Fsp3) is 0.946. The van der Waals surface area contributed by atoms with E-state index in [0.29, 0.717) is 12.8 Å². The summed E-state index contributed by atoms with van der Waals surface area (Å²) in [5.74, 6) is 0.550. The molecule has 0 rings (SSSR count). The molecule has 3 unspecified atom stereocenters. The number of carboxylic acid groups (broad SMARTS) is 1. The molecular weight excluding hydrogens is 617 g/mol. The summed E-state index contributed by atoms with van der Waals surface area (Å²) in [6.07, 6.45) is 31.0. The van der Waals surface area contributed by atoms with Crippen LogP contribution in [0.2, 0.25) is 0 Å². The van der Waals surface area contributed by atoms with Gasteiger partial charge in [-0.2, -0.15) is 0 Å². The van der Waals surface area contributed by atoms with Gasteiger partial charge in [-0.05, 0) is 31.1 Å². The Morgan fingerprint density at radius 1 is 0.574 bits per heavy atom. The third-order valence-electron chi connectivity index (χ3n) is 8.99. The van der Waals surface area contributed by atoms with Gasteiger partial charge in [0.1, 0.15) is 0 Å². The molecule has 10 heteroatoms. The van der Waals surface area contributed by atoms with E-state index in [2.05, 4.69) is 18.4 Å². The Balaban J connectivity index is 3.39. The average molecular weight is 691 g/mol.